The molecule has 2 atom stereocenters. The van der Waals surface area contributed by atoms with E-state index in [9.17, 15) is 5.11 Å². The molecule has 1 aromatic heterocycles. The summed E-state index contributed by atoms with van der Waals surface area (Å²) in [4.78, 5) is 4.26. The fourth-order valence-corrected chi connectivity index (χ4v) is 2.20. The maximum absolute atomic E-state index is 9.86. The number of aliphatic hydroxyl groups is 1. The van der Waals surface area contributed by atoms with Gasteiger partial charge in [-0.3, -0.25) is 0 Å². The lowest BCUT2D eigenvalue weighted by Crippen LogP contribution is -2.36. The lowest BCUT2D eigenvalue weighted by Gasteiger charge is -2.29. The molecule has 4 nitrogen and oxygen atoms in total. The molecule has 1 heterocycles. The van der Waals surface area contributed by atoms with E-state index in [1.807, 2.05) is 13.0 Å². The minimum Gasteiger partial charge on any atom is -0.397 e. The molecule has 1 saturated carbocycles. The number of hydrogen-bond acceptors (Lipinski definition) is 4. The highest BCUT2D eigenvalue weighted by Gasteiger charge is 2.23. The minimum absolute atomic E-state index is 0.128. The zero-order chi connectivity index (χ0) is 11.5. The lowest BCUT2D eigenvalue weighted by molar-refractivity contribution is 0.116. The van der Waals surface area contributed by atoms with Crippen LogP contribution in [0.1, 0.15) is 31.2 Å². The number of nitrogens with one attached hydrogen (secondary N) is 1. The molecule has 0 aliphatic heterocycles. The third-order valence-corrected chi connectivity index (χ3v) is 3.15. The first-order valence-corrected chi connectivity index (χ1v) is 5.83. The van der Waals surface area contributed by atoms with Crippen molar-refractivity contribution in [2.24, 2.45) is 0 Å². The van der Waals surface area contributed by atoms with Crippen LogP contribution in [0.5, 0.6) is 0 Å². The van der Waals surface area contributed by atoms with E-state index in [2.05, 4.69) is 10.3 Å². The van der Waals surface area contributed by atoms with Gasteiger partial charge in [-0.05, 0) is 31.4 Å². The monoisotopic (exact) mass is 221 g/mol. The van der Waals surface area contributed by atoms with Gasteiger partial charge >= 0.3 is 0 Å². The molecular formula is C12H19N3O. The average molecular weight is 221 g/mol. The van der Waals surface area contributed by atoms with Crippen LogP contribution in [-0.4, -0.2) is 22.2 Å². The topological polar surface area (TPSA) is 71.2 Å². The Kier molecular flexibility index (Phi) is 3.29. The van der Waals surface area contributed by atoms with E-state index in [-0.39, 0.29) is 12.1 Å². The molecule has 0 amide bonds. The summed E-state index contributed by atoms with van der Waals surface area (Å²) in [6.45, 7) is 1.97. The summed E-state index contributed by atoms with van der Waals surface area (Å²) < 4.78 is 0. The molecule has 88 valence electrons. The minimum atomic E-state index is -0.257. The van der Waals surface area contributed by atoms with Gasteiger partial charge in [0.05, 0.1) is 24.0 Å². The molecule has 4 N–H and O–H groups in total. The summed E-state index contributed by atoms with van der Waals surface area (Å²) in [6, 6.07) is 2.02. The number of pyridine rings is 1. The van der Waals surface area contributed by atoms with E-state index < -0.39 is 0 Å². The number of nitrogens with zero attached hydrogens (tertiary/aromatic N) is 1. The standard InChI is InChI=1S/C12H19N3O/c1-8-6-9(13)7-14-12(8)15-10-4-2-3-5-11(10)16/h6-7,10-11,16H,2-5,13H2,1H3,(H,14,15). The van der Waals surface area contributed by atoms with E-state index in [0.29, 0.717) is 5.69 Å². The smallest absolute Gasteiger partial charge is 0.129 e. The van der Waals surface area contributed by atoms with Crippen molar-refractivity contribution in [3.8, 4) is 0 Å². The third kappa shape index (κ3) is 2.44. The van der Waals surface area contributed by atoms with Gasteiger partial charge in [-0.2, -0.15) is 0 Å². The number of nitrogens with two attached hydrogens (primary N) is 1. The van der Waals surface area contributed by atoms with Crippen LogP contribution in [0.4, 0.5) is 11.5 Å². The van der Waals surface area contributed by atoms with Crippen LogP contribution in [0.3, 0.4) is 0 Å². The van der Waals surface area contributed by atoms with Gasteiger partial charge in [0, 0.05) is 0 Å². The van der Waals surface area contributed by atoms with Crippen molar-refractivity contribution < 1.29 is 5.11 Å². The van der Waals surface area contributed by atoms with Crippen molar-refractivity contribution in [1.29, 1.82) is 0 Å². The quantitative estimate of drug-likeness (QED) is 0.710. The summed E-state index contributed by atoms with van der Waals surface area (Å²) in [6.07, 6.45) is 5.56. The van der Waals surface area contributed by atoms with E-state index in [1.54, 1.807) is 6.20 Å². The Morgan fingerprint density at radius 1 is 1.44 bits per heavy atom. The van der Waals surface area contributed by atoms with Crippen LogP contribution in [0, 0.1) is 6.92 Å². The molecule has 0 saturated heterocycles. The molecule has 0 aromatic carbocycles. The van der Waals surface area contributed by atoms with E-state index in [1.165, 1.54) is 6.42 Å². The van der Waals surface area contributed by atoms with Crippen molar-refractivity contribution in [2.75, 3.05) is 11.1 Å². The molecule has 1 fully saturated rings. The summed E-state index contributed by atoms with van der Waals surface area (Å²) >= 11 is 0. The van der Waals surface area contributed by atoms with Crippen LogP contribution in [0.15, 0.2) is 12.3 Å². The van der Waals surface area contributed by atoms with Crippen LogP contribution >= 0.6 is 0 Å². The molecule has 16 heavy (non-hydrogen) atoms. The largest absolute Gasteiger partial charge is 0.397 e. The van der Waals surface area contributed by atoms with Gasteiger partial charge in [-0.15, -0.1) is 0 Å². The predicted molar refractivity (Wildman–Crippen MR) is 65.3 cm³/mol. The highest BCUT2D eigenvalue weighted by molar-refractivity contribution is 5.51. The number of anilines is 2. The number of hydrogen-bond donors (Lipinski definition) is 3. The summed E-state index contributed by atoms with van der Waals surface area (Å²) in [7, 11) is 0. The molecular weight excluding hydrogens is 202 g/mol. The molecule has 0 radical (unpaired) electrons. The third-order valence-electron chi connectivity index (χ3n) is 3.15. The molecule has 2 rings (SSSR count). The Balaban J connectivity index is 2.07. The van der Waals surface area contributed by atoms with Crippen LogP contribution in [0.2, 0.25) is 0 Å². The zero-order valence-electron chi connectivity index (χ0n) is 9.61. The Hall–Kier alpha value is -1.29. The predicted octanol–water partition coefficient (Wildman–Crippen LogP) is 1.69. The van der Waals surface area contributed by atoms with Crippen molar-refractivity contribution in [2.45, 2.75) is 44.8 Å². The van der Waals surface area contributed by atoms with E-state index in [4.69, 9.17) is 5.73 Å². The molecule has 4 heteroatoms. The number of rotatable bonds is 2. The molecule has 0 bridgehead atoms. The second-order valence-corrected chi connectivity index (χ2v) is 4.54. The van der Waals surface area contributed by atoms with E-state index >= 15 is 0 Å². The number of aliphatic hydroxyl groups excluding tert-OH is 1. The number of aryl methyl sites for hydroxylation is 1. The lowest BCUT2D eigenvalue weighted by atomic mass is 9.92. The van der Waals surface area contributed by atoms with E-state index in [0.717, 1.165) is 30.6 Å². The van der Waals surface area contributed by atoms with Gasteiger partial charge in [0.25, 0.3) is 0 Å². The van der Waals surface area contributed by atoms with Crippen molar-refractivity contribution in [3.05, 3.63) is 17.8 Å². The fraction of sp³-hybridized carbons (Fsp3) is 0.583. The van der Waals surface area contributed by atoms with Gasteiger partial charge in [0.2, 0.25) is 0 Å². The van der Waals surface area contributed by atoms with Crippen LogP contribution in [-0.2, 0) is 0 Å². The molecule has 1 aliphatic carbocycles. The van der Waals surface area contributed by atoms with Gasteiger partial charge in [-0.25, -0.2) is 4.98 Å². The maximum atomic E-state index is 9.86. The summed E-state index contributed by atoms with van der Waals surface area (Å²) in [5.74, 6) is 0.833. The Bertz CT molecular complexity index is 367. The average Bonchev–Trinajstić information content (AvgIpc) is 2.25. The molecule has 1 aromatic rings. The normalized spacial score (nSPS) is 25.4. The highest BCUT2D eigenvalue weighted by Crippen LogP contribution is 2.23. The Morgan fingerprint density at radius 2 is 2.19 bits per heavy atom. The SMILES string of the molecule is Cc1cc(N)cnc1NC1CCCCC1O. The Morgan fingerprint density at radius 3 is 2.88 bits per heavy atom. The number of aromatic nitrogens is 1. The first-order valence-electron chi connectivity index (χ1n) is 5.83. The fourth-order valence-electron chi connectivity index (χ4n) is 2.20. The Labute approximate surface area is 95.9 Å². The van der Waals surface area contributed by atoms with Gasteiger partial charge in [0.15, 0.2) is 0 Å². The van der Waals surface area contributed by atoms with Crippen molar-refractivity contribution in [3.63, 3.8) is 0 Å². The molecule has 1 aliphatic rings. The number of nitrogen functional groups attached to an aromatic ring is 1. The molecule has 2 unspecified atom stereocenters. The first-order chi connectivity index (χ1) is 7.66. The van der Waals surface area contributed by atoms with Crippen LogP contribution in [0.25, 0.3) is 0 Å². The summed E-state index contributed by atoms with van der Waals surface area (Å²) in [5, 5.41) is 13.2. The van der Waals surface area contributed by atoms with Crippen molar-refractivity contribution in [1.82, 2.24) is 4.98 Å². The maximum Gasteiger partial charge on any atom is 0.129 e. The highest BCUT2D eigenvalue weighted by atomic mass is 16.3. The second-order valence-electron chi connectivity index (χ2n) is 4.54. The summed E-state index contributed by atoms with van der Waals surface area (Å²) in [5.41, 5.74) is 7.35. The van der Waals surface area contributed by atoms with Crippen molar-refractivity contribution >= 4 is 11.5 Å². The zero-order valence-corrected chi connectivity index (χ0v) is 9.61. The second kappa shape index (κ2) is 4.70. The van der Waals surface area contributed by atoms with Gasteiger partial charge in [0.1, 0.15) is 5.82 Å². The van der Waals surface area contributed by atoms with Gasteiger partial charge in [-0.1, -0.05) is 12.8 Å². The van der Waals surface area contributed by atoms with Gasteiger partial charge < -0.3 is 16.2 Å². The molecule has 0 spiro atoms. The first kappa shape index (κ1) is 11.2. The van der Waals surface area contributed by atoms with Crippen LogP contribution < -0.4 is 11.1 Å².